The molecule has 26 heavy (non-hydrogen) atoms. The van der Waals surface area contributed by atoms with Crippen molar-refractivity contribution in [3.05, 3.63) is 42.0 Å². The number of hydrogen-bond donors (Lipinski definition) is 1. The van der Waals surface area contributed by atoms with E-state index in [4.69, 9.17) is 0 Å². The molecule has 1 amide bonds. The van der Waals surface area contributed by atoms with E-state index in [2.05, 4.69) is 54.7 Å². The summed E-state index contributed by atoms with van der Waals surface area (Å²) in [4.78, 5) is 26.2. The van der Waals surface area contributed by atoms with Gasteiger partial charge in [0, 0.05) is 44.2 Å². The molecule has 3 heterocycles. The highest BCUT2D eigenvalue weighted by Gasteiger charge is 2.23. The normalized spacial score (nSPS) is 15.3. The van der Waals surface area contributed by atoms with Crippen LogP contribution in [0.15, 0.2) is 42.0 Å². The molecule has 4 rings (SSSR count). The van der Waals surface area contributed by atoms with Crippen LogP contribution < -0.4 is 10.2 Å². The number of carbonyl (C=O) groups excluding carboxylic acids is 1. The Kier molecular flexibility index (Phi) is 4.81. The van der Waals surface area contributed by atoms with Gasteiger partial charge in [0.2, 0.25) is 5.91 Å². The van der Waals surface area contributed by atoms with Crippen molar-refractivity contribution in [2.45, 2.75) is 0 Å². The molecule has 1 aliphatic rings. The van der Waals surface area contributed by atoms with Crippen LogP contribution >= 0.6 is 11.3 Å². The Morgan fingerprint density at radius 3 is 2.65 bits per heavy atom. The average Bonchev–Trinajstić information content (AvgIpc) is 3.13. The highest BCUT2D eigenvalue weighted by atomic mass is 32.1. The van der Waals surface area contributed by atoms with Crippen LogP contribution in [0.5, 0.6) is 0 Å². The summed E-state index contributed by atoms with van der Waals surface area (Å²) in [5.74, 6) is 1.06. The molecule has 0 bridgehead atoms. The van der Waals surface area contributed by atoms with E-state index in [0.29, 0.717) is 6.54 Å². The largest absolute Gasteiger partial charge is 0.358 e. The van der Waals surface area contributed by atoms with Gasteiger partial charge in [-0.3, -0.25) is 9.69 Å². The molecule has 3 aromatic rings. The summed E-state index contributed by atoms with van der Waals surface area (Å²) in [6.07, 6.45) is 1.65. The zero-order valence-electron chi connectivity index (χ0n) is 14.7. The van der Waals surface area contributed by atoms with Crippen LogP contribution in [0.3, 0.4) is 0 Å². The van der Waals surface area contributed by atoms with Crippen molar-refractivity contribution in [3.63, 3.8) is 0 Å². The van der Waals surface area contributed by atoms with Crippen LogP contribution in [0, 0.1) is 0 Å². The van der Waals surface area contributed by atoms with E-state index in [9.17, 15) is 4.79 Å². The molecule has 134 valence electrons. The van der Waals surface area contributed by atoms with E-state index in [1.54, 1.807) is 24.7 Å². The van der Waals surface area contributed by atoms with Gasteiger partial charge >= 0.3 is 0 Å². The third-order valence-corrected chi connectivity index (χ3v) is 5.64. The van der Waals surface area contributed by atoms with Crippen molar-refractivity contribution in [2.75, 3.05) is 44.7 Å². The third kappa shape index (κ3) is 3.27. The number of carbonyl (C=O) groups is 1. The first-order valence-corrected chi connectivity index (χ1v) is 9.59. The first kappa shape index (κ1) is 16.9. The smallest absolute Gasteiger partial charge is 0.233 e. The van der Waals surface area contributed by atoms with Gasteiger partial charge in [-0.15, -0.1) is 11.3 Å². The molecule has 1 aromatic carbocycles. The van der Waals surface area contributed by atoms with Crippen molar-refractivity contribution in [2.24, 2.45) is 0 Å². The van der Waals surface area contributed by atoms with Crippen LogP contribution in [0.1, 0.15) is 0 Å². The second-order valence-electron chi connectivity index (χ2n) is 6.33. The number of likely N-dealkylation sites (N-methyl/N-ethyl adjacent to an activating group) is 1. The zero-order valence-corrected chi connectivity index (χ0v) is 15.5. The van der Waals surface area contributed by atoms with Crippen molar-refractivity contribution < 1.29 is 4.79 Å². The van der Waals surface area contributed by atoms with E-state index in [1.807, 2.05) is 6.07 Å². The van der Waals surface area contributed by atoms with Gasteiger partial charge in [-0.25, -0.2) is 9.97 Å². The molecule has 0 spiro atoms. The van der Waals surface area contributed by atoms with Gasteiger partial charge in [0.05, 0.1) is 11.9 Å². The quantitative estimate of drug-likeness (QED) is 0.766. The summed E-state index contributed by atoms with van der Waals surface area (Å²) >= 11 is 1.66. The Bertz CT molecular complexity index is 903. The lowest BCUT2D eigenvalue weighted by Gasteiger charge is -2.35. The Labute approximate surface area is 156 Å². The van der Waals surface area contributed by atoms with Crippen LogP contribution in [0.2, 0.25) is 0 Å². The average molecular weight is 367 g/mol. The number of anilines is 1. The van der Waals surface area contributed by atoms with E-state index in [0.717, 1.165) is 42.2 Å². The second-order valence-corrected chi connectivity index (χ2v) is 7.19. The number of rotatable bonds is 4. The molecule has 6 nitrogen and oxygen atoms in total. The number of thiophene rings is 1. The fraction of sp³-hybridized carbons (Fsp3) is 0.316. The lowest BCUT2D eigenvalue weighted by Crippen LogP contribution is -2.49. The molecule has 0 radical (unpaired) electrons. The van der Waals surface area contributed by atoms with Gasteiger partial charge in [0.1, 0.15) is 17.0 Å². The number of nitrogens with zero attached hydrogens (tertiary/aromatic N) is 4. The minimum Gasteiger partial charge on any atom is -0.358 e. The Hall–Kier alpha value is -2.51. The summed E-state index contributed by atoms with van der Waals surface area (Å²) in [5.41, 5.74) is 2.38. The number of piperazine rings is 1. The fourth-order valence-corrected chi connectivity index (χ4v) is 4.24. The maximum Gasteiger partial charge on any atom is 0.233 e. The molecule has 7 heteroatoms. The Morgan fingerprint density at radius 1 is 1.15 bits per heavy atom. The summed E-state index contributed by atoms with van der Waals surface area (Å²) < 4.78 is 0. The van der Waals surface area contributed by atoms with Crippen LogP contribution in [0.25, 0.3) is 21.3 Å². The number of fused-ring (bicyclic) bond motifs is 1. The van der Waals surface area contributed by atoms with Crippen LogP contribution in [-0.2, 0) is 4.79 Å². The van der Waals surface area contributed by atoms with Crippen molar-refractivity contribution in [1.82, 2.24) is 20.2 Å². The molecule has 0 atom stereocenters. The molecule has 1 aliphatic heterocycles. The molecular weight excluding hydrogens is 346 g/mol. The van der Waals surface area contributed by atoms with Gasteiger partial charge < -0.3 is 10.2 Å². The zero-order chi connectivity index (χ0) is 17.9. The number of nitrogens with one attached hydrogen (secondary N) is 1. The molecule has 1 N–H and O–H groups in total. The van der Waals surface area contributed by atoms with Crippen LogP contribution in [0.4, 0.5) is 5.82 Å². The second kappa shape index (κ2) is 7.39. The SMILES string of the molecule is CNC(=O)CN1CCN(c2ncnc3scc(-c4ccccc4)c23)CC1. The number of benzene rings is 1. The lowest BCUT2D eigenvalue weighted by molar-refractivity contribution is -0.121. The van der Waals surface area contributed by atoms with Crippen molar-refractivity contribution in [1.29, 1.82) is 0 Å². The van der Waals surface area contributed by atoms with Gasteiger partial charge in [-0.2, -0.15) is 0 Å². The Balaban J connectivity index is 1.62. The van der Waals surface area contributed by atoms with E-state index in [1.165, 1.54) is 11.1 Å². The van der Waals surface area contributed by atoms with Gasteiger partial charge in [-0.05, 0) is 5.56 Å². The Morgan fingerprint density at radius 2 is 1.92 bits per heavy atom. The molecule has 0 saturated carbocycles. The summed E-state index contributed by atoms with van der Waals surface area (Å²) in [7, 11) is 1.68. The van der Waals surface area contributed by atoms with Crippen LogP contribution in [-0.4, -0.2) is 60.5 Å². The fourth-order valence-electron chi connectivity index (χ4n) is 3.33. The summed E-state index contributed by atoms with van der Waals surface area (Å²) in [6, 6.07) is 10.4. The molecular formula is C19H21N5OS. The molecule has 0 aliphatic carbocycles. The predicted octanol–water partition coefficient (Wildman–Crippen LogP) is 2.23. The number of amides is 1. The van der Waals surface area contributed by atoms with Crippen molar-refractivity contribution >= 4 is 33.3 Å². The van der Waals surface area contributed by atoms with Gasteiger partial charge in [0.15, 0.2) is 0 Å². The standard InChI is InChI=1S/C19H21N5OS/c1-20-16(25)11-23-7-9-24(10-8-23)18-17-15(14-5-3-2-4-6-14)12-26-19(17)22-13-21-18/h2-6,12-13H,7-11H2,1H3,(H,20,25). The maximum atomic E-state index is 11.6. The lowest BCUT2D eigenvalue weighted by atomic mass is 10.1. The van der Waals surface area contributed by atoms with Gasteiger partial charge in [0.25, 0.3) is 0 Å². The third-order valence-electron chi connectivity index (χ3n) is 4.75. The summed E-state index contributed by atoms with van der Waals surface area (Å²) in [6.45, 7) is 3.87. The number of hydrogen-bond acceptors (Lipinski definition) is 6. The first-order chi connectivity index (χ1) is 12.8. The van der Waals surface area contributed by atoms with E-state index in [-0.39, 0.29) is 5.91 Å². The van der Waals surface area contributed by atoms with Crippen molar-refractivity contribution in [3.8, 4) is 11.1 Å². The number of aromatic nitrogens is 2. The molecule has 0 unspecified atom stereocenters. The topological polar surface area (TPSA) is 61.4 Å². The van der Waals surface area contributed by atoms with Gasteiger partial charge in [-0.1, -0.05) is 30.3 Å². The maximum absolute atomic E-state index is 11.6. The summed E-state index contributed by atoms with van der Waals surface area (Å²) in [5, 5.41) is 5.98. The van der Waals surface area contributed by atoms with E-state index < -0.39 is 0 Å². The molecule has 1 saturated heterocycles. The molecule has 2 aromatic heterocycles. The minimum absolute atomic E-state index is 0.0621. The molecule has 1 fully saturated rings. The highest BCUT2D eigenvalue weighted by molar-refractivity contribution is 7.17. The monoisotopic (exact) mass is 367 g/mol. The van der Waals surface area contributed by atoms with E-state index >= 15 is 0 Å². The predicted molar refractivity (Wildman–Crippen MR) is 106 cm³/mol. The highest BCUT2D eigenvalue weighted by Crippen LogP contribution is 2.37. The minimum atomic E-state index is 0.0621. The first-order valence-electron chi connectivity index (χ1n) is 8.72.